The van der Waals surface area contributed by atoms with Crippen LogP contribution in [0.3, 0.4) is 0 Å². The van der Waals surface area contributed by atoms with Crippen LogP contribution >= 0.6 is 0 Å². The Bertz CT molecular complexity index is 1400. The molecule has 0 saturated heterocycles. The first-order chi connectivity index (χ1) is 13.8. The number of hydrogen-bond donors (Lipinski definition) is 0. The highest BCUT2D eigenvalue weighted by Crippen LogP contribution is 2.23. The van der Waals surface area contributed by atoms with E-state index < -0.39 is 23.3 Å². The highest BCUT2D eigenvalue weighted by Gasteiger charge is 2.26. The lowest BCUT2D eigenvalue weighted by Gasteiger charge is -2.13. The van der Waals surface area contributed by atoms with E-state index in [1.54, 1.807) is 10.6 Å². The smallest absolute Gasteiger partial charge is 0.333 e. The number of nitrogens with zero attached hydrogens (tertiary/aromatic N) is 5. The molecule has 1 atom stereocenters. The summed E-state index contributed by atoms with van der Waals surface area (Å²) in [5.41, 5.74) is 2.13. The third-order valence-corrected chi connectivity index (χ3v) is 5.26. The summed E-state index contributed by atoms with van der Waals surface area (Å²) in [5.74, 6) is -0.152. The second-order valence-electron chi connectivity index (χ2n) is 7.06. The minimum absolute atomic E-state index is 0.230. The van der Waals surface area contributed by atoms with E-state index in [4.69, 9.17) is 4.74 Å². The summed E-state index contributed by atoms with van der Waals surface area (Å²) in [4.78, 5) is 42.6. The van der Waals surface area contributed by atoms with Gasteiger partial charge in [0.05, 0.1) is 12.8 Å². The van der Waals surface area contributed by atoms with Crippen molar-refractivity contribution < 1.29 is 9.53 Å². The van der Waals surface area contributed by atoms with E-state index in [2.05, 4.69) is 4.98 Å². The molecule has 150 valence electrons. The summed E-state index contributed by atoms with van der Waals surface area (Å²) in [7, 11) is 2.75. The molecule has 9 heteroatoms. The molecule has 0 aliphatic rings. The van der Waals surface area contributed by atoms with E-state index in [0.29, 0.717) is 5.78 Å². The fraction of sp³-hybridized carbons (Fsp3) is 0.300. The van der Waals surface area contributed by atoms with Gasteiger partial charge < -0.3 is 4.74 Å². The molecule has 0 unspecified atom stereocenters. The molecule has 0 radical (unpaired) electrons. The number of fused-ring (bicyclic) bond motifs is 3. The summed E-state index contributed by atoms with van der Waals surface area (Å²) in [5, 5.41) is 0. The Morgan fingerprint density at radius 2 is 1.86 bits per heavy atom. The Kier molecular flexibility index (Phi) is 4.18. The van der Waals surface area contributed by atoms with Crippen molar-refractivity contribution in [3.05, 3.63) is 62.6 Å². The van der Waals surface area contributed by atoms with E-state index in [-0.39, 0.29) is 11.2 Å². The van der Waals surface area contributed by atoms with E-state index in [1.165, 1.54) is 25.6 Å². The number of aryl methyl sites for hydroxylation is 3. The van der Waals surface area contributed by atoms with Gasteiger partial charge in [-0.1, -0.05) is 18.2 Å². The van der Waals surface area contributed by atoms with Gasteiger partial charge in [-0.05, 0) is 32.4 Å². The first kappa shape index (κ1) is 18.7. The maximum atomic E-state index is 13.2. The lowest BCUT2D eigenvalue weighted by Crippen LogP contribution is -2.43. The van der Waals surface area contributed by atoms with Gasteiger partial charge in [-0.3, -0.25) is 18.3 Å². The maximum absolute atomic E-state index is 13.2. The number of para-hydroxylation sites is 1. The SMILES string of the molecule is COC(=O)[C@H](C)n1c(=O)c2c(nc3n(-c4ccccc4C)c(C)cn23)n(C)c1=O. The molecule has 0 saturated carbocycles. The van der Waals surface area contributed by atoms with E-state index in [0.717, 1.165) is 21.5 Å². The highest BCUT2D eigenvalue weighted by molar-refractivity contribution is 5.78. The minimum atomic E-state index is -1.05. The van der Waals surface area contributed by atoms with Gasteiger partial charge >= 0.3 is 11.7 Å². The summed E-state index contributed by atoms with van der Waals surface area (Å²) in [6.45, 7) is 5.38. The van der Waals surface area contributed by atoms with Gasteiger partial charge in [0.25, 0.3) is 5.56 Å². The normalized spacial score (nSPS) is 12.6. The molecule has 3 heterocycles. The Balaban J connectivity index is 2.14. The molecule has 0 bridgehead atoms. The Morgan fingerprint density at radius 3 is 2.52 bits per heavy atom. The third kappa shape index (κ3) is 2.54. The van der Waals surface area contributed by atoms with Crippen LogP contribution in [0.2, 0.25) is 0 Å². The van der Waals surface area contributed by atoms with Gasteiger partial charge in [0.15, 0.2) is 11.2 Å². The van der Waals surface area contributed by atoms with E-state index >= 15 is 0 Å². The summed E-state index contributed by atoms with van der Waals surface area (Å²) < 4.78 is 10.5. The fourth-order valence-corrected chi connectivity index (χ4v) is 3.71. The molecule has 4 rings (SSSR count). The number of methoxy groups -OCH3 is 1. The first-order valence-corrected chi connectivity index (χ1v) is 9.13. The van der Waals surface area contributed by atoms with Crippen molar-refractivity contribution in [2.75, 3.05) is 7.11 Å². The molecule has 0 amide bonds. The first-order valence-electron chi connectivity index (χ1n) is 9.13. The van der Waals surface area contributed by atoms with Crippen LogP contribution in [-0.2, 0) is 16.6 Å². The predicted molar refractivity (Wildman–Crippen MR) is 108 cm³/mol. The predicted octanol–water partition coefficient (Wildman–Crippen LogP) is 1.49. The molecular weight excluding hydrogens is 374 g/mol. The van der Waals surface area contributed by atoms with Gasteiger partial charge in [-0.15, -0.1) is 0 Å². The average molecular weight is 395 g/mol. The maximum Gasteiger partial charge on any atom is 0.333 e. The highest BCUT2D eigenvalue weighted by atomic mass is 16.5. The number of esters is 1. The van der Waals surface area contributed by atoms with Crippen LogP contribution in [0.25, 0.3) is 22.6 Å². The fourth-order valence-electron chi connectivity index (χ4n) is 3.71. The van der Waals surface area contributed by atoms with Crippen molar-refractivity contribution in [1.29, 1.82) is 0 Å². The number of aromatic nitrogens is 5. The molecule has 1 aromatic carbocycles. The van der Waals surface area contributed by atoms with Crippen molar-refractivity contribution in [2.45, 2.75) is 26.8 Å². The largest absolute Gasteiger partial charge is 0.467 e. The van der Waals surface area contributed by atoms with Crippen LogP contribution in [0.4, 0.5) is 0 Å². The molecule has 9 nitrogen and oxygen atoms in total. The Hall–Kier alpha value is -3.62. The standard InChI is InChI=1S/C20H21N5O4/c1-11-8-6-7-9-14(11)24-12(2)10-23-15-16(21-19(23)24)22(4)20(28)25(17(15)26)13(3)18(27)29-5/h6-10,13H,1-5H3/t13-/m0/s1. The number of carbonyl (C=O) groups excluding carboxylic acids is 1. The Labute approximate surface area is 165 Å². The van der Waals surface area contributed by atoms with Crippen molar-refractivity contribution >= 4 is 22.9 Å². The van der Waals surface area contributed by atoms with Gasteiger partial charge in [0.2, 0.25) is 5.78 Å². The van der Waals surface area contributed by atoms with Gasteiger partial charge in [-0.2, -0.15) is 4.98 Å². The lowest BCUT2D eigenvalue weighted by atomic mass is 10.2. The minimum Gasteiger partial charge on any atom is -0.467 e. The third-order valence-electron chi connectivity index (χ3n) is 5.26. The quantitative estimate of drug-likeness (QED) is 0.490. The van der Waals surface area contributed by atoms with Crippen molar-refractivity contribution in [3.8, 4) is 5.69 Å². The number of rotatable bonds is 3. The summed E-state index contributed by atoms with van der Waals surface area (Å²) in [6.07, 6.45) is 1.80. The molecule has 0 N–H and O–H groups in total. The zero-order valence-electron chi connectivity index (χ0n) is 16.8. The number of carbonyl (C=O) groups is 1. The van der Waals surface area contributed by atoms with Crippen LogP contribution in [0.1, 0.15) is 24.2 Å². The van der Waals surface area contributed by atoms with Gasteiger partial charge in [0.1, 0.15) is 6.04 Å². The zero-order valence-corrected chi connectivity index (χ0v) is 16.8. The summed E-state index contributed by atoms with van der Waals surface area (Å²) >= 11 is 0. The number of hydrogen-bond acceptors (Lipinski definition) is 5. The number of benzene rings is 1. The van der Waals surface area contributed by atoms with Crippen LogP contribution in [0.15, 0.2) is 40.1 Å². The van der Waals surface area contributed by atoms with Crippen molar-refractivity contribution in [2.24, 2.45) is 7.05 Å². The van der Waals surface area contributed by atoms with Crippen LogP contribution in [0.5, 0.6) is 0 Å². The second kappa shape index (κ2) is 6.47. The second-order valence-corrected chi connectivity index (χ2v) is 7.06. The van der Waals surface area contributed by atoms with Crippen LogP contribution in [0, 0.1) is 13.8 Å². The molecule has 0 spiro atoms. The number of imidazole rings is 2. The molecule has 0 aliphatic heterocycles. The van der Waals surface area contributed by atoms with E-state index in [1.807, 2.05) is 42.7 Å². The monoisotopic (exact) mass is 395 g/mol. The van der Waals surface area contributed by atoms with E-state index in [9.17, 15) is 14.4 Å². The molecule has 0 aliphatic carbocycles. The molecule has 29 heavy (non-hydrogen) atoms. The van der Waals surface area contributed by atoms with Crippen LogP contribution in [-0.4, -0.2) is 36.2 Å². The molecule has 0 fully saturated rings. The van der Waals surface area contributed by atoms with Crippen LogP contribution < -0.4 is 11.2 Å². The van der Waals surface area contributed by atoms with Crippen molar-refractivity contribution in [1.82, 2.24) is 23.1 Å². The molecule has 4 aromatic rings. The number of ether oxygens (including phenoxy) is 1. The van der Waals surface area contributed by atoms with Gasteiger partial charge in [-0.25, -0.2) is 14.2 Å². The Morgan fingerprint density at radius 1 is 1.17 bits per heavy atom. The van der Waals surface area contributed by atoms with Gasteiger partial charge in [0, 0.05) is 18.9 Å². The topological polar surface area (TPSA) is 92.5 Å². The molecular formula is C20H21N5O4. The average Bonchev–Trinajstić information content (AvgIpc) is 3.21. The lowest BCUT2D eigenvalue weighted by molar-refractivity contribution is -0.144. The molecule has 3 aromatic heterocycles. The van der Waals surface area contributed by atoms with Crippen molar-refractivity contribution in [3.63, 3.8) is 0 Å². The summed E-state index contributed by atoms with van der Waals surface area (Å²) in [6, 6.07) is 6.79. The zero-order chi connectivity index (χ0) is 21.0.